The van der Waals surface area contributed by atoms with E-state index < -0.39 is 0 Å². The first-order valence-electron chi connectivity index (χ1n) is 12.3. The Labute approximate surface area is 182 Å². The lowest BCUT2D eigenvalue weighted by molar-refractivity contribution is 0.555. The van der Waals surface area contributed by atoms with Gasteiger partial charge in [-0.05, 0) is 97.3 Å². The summed E-state index contributed by atoms with van der Waals surface area (Å²) in [6, 6.07) is 4.72. The maximum absolute atomic E-state index is 2.59. The molecular formula is C29H48. The maximum Gasteiger partial charge on any atom is -0.0187 e. The first-order chi connectivity index (χ1) is 13.8. The van der Waals surface area contributed by atoms with Crippen molar-refractivity contribution in [2.75, 3.05) is 0 Å². The first-order valence-corrected chi connectivity index (χ1v) is 12.3. The third-order valence-electron chi connectivity index (χ3n) is 6.64. The van der Waals surface area contributed by atoms with E-state index in [0.717, 1.165) is 5.92 Å². The topological polar surface area (TPSA) is 0 Å². The van der Waals surface area contributed by atoms with Crippen LogP contribution < -0.4 is 0 Å². The Hall–Kier alpha value is -1.30. The Morgan fingerprint density at radius 2 is 1.55 bits per heavy atom. The largest absolute Gasteiger partial charge is 0.0810 e. The van der Waals surface area contributed by atoms with Gasteiger partial charge in [0, 0.05) is 0 Å². The van der Waals surface area contributed by atoms with Crippen molar-refractivity contribution in [3.8, 4) is 0 Å². The van der Waals surface area contributed by atoms with Crippen LogP contribution in [0, 0.1) is 32.6 Å². The van der Waals surface area contributed by atoms with Crippen molar-refractivity contribution >= 4 is 5.57 Å². The lowest BCUT2D eigenvalue weighted by Gasteiger charge is -2.26. The SMILES string of the molecule is CCCCC=C(CCCC)C(CC(C)CC)=C(c1ccc(C)c(C)c1C)C(C)C. The van der Waals surface area contributed by atoms with E-state index in [2.05, 4.69) is 80.5 Å². The molecule has 0 aromatic heterocycles. The molecule has 1 unspecified atom stereocenters. The number of allylic oxidation sites excluding steroid dienone is 4. The molecule has 0 fully saturated rings. The molecule has 0 saturated heterocycles. The van der Waals surface area contributed by atoms with Gasteiger partial charge in [-0.25, -0.2) is 0 Å². The minimum Gasteiger partial charge on any atom is -0.0810 e. The molecule has 0 saturated carbocycles. The number of rotatable bonds is 12. The summed E-state index contributed by atoms with van der Waals surface area (Å²) in [6.45, 7) is 21.0. The Kier molecular flexibility index (Phi) is 11.6. The van der Waals surface area contributed by atoms with E-state index in [0.29, 0.717) is 5.92 Å². The fourth-order valence-corrected chi connectivity index (χ4v) is 4.20. The number of hydrogen-bond acceptors (Lipinski definition) is 0. The quantitative estimate of drug-likeness (QED) is 0.243. The van der Waals surface area contributed by atoms with Crippen molar-refractivity contribution in [2.24, 2.45) is 11.8 Å². The zero-order chi connectivity index (χ0) is 22.0. The third kappa shape index (κ3) is 7.47. The van der Waals surface area contributed by atoms with Gasteiger partial charge in [0.15, 0.2) is 0 Å². The minimum absolute atomic E-state index is 0.533. The second-order valence-corrected chi connectivity index (χ2v) is 9.42. The van der Waals surface area contributed by atoms with Crippen molar-refractivity contribution in [1.29, 1.82) is 0 Å². The standard InChI is InChI=1S/C29H48/c1-10-13-15-17-26(16-14-11-2)28(20-22(6)12-3)29(21(4)5)27-19-18-23(7)24(8)25(27)9/h17-19,21-22H,10-16,20H2,1-9H3. The zero-order valence-electron chi connectivity index (χ0n) is 21.0. The Morgan fingerprint density at radius 1 is 0.897 bits per heavy atom. The predicted octanol–water partition coefficient (Wildman–Crippen LogP) is 9.76. The smallest absolute Gasteiger partial charge is 0.0187 e. The van der Waals surface area contributed by atoms with Crippen molar-refractivity contribution < 1.29 is 0 Å². The summed E-state index contributed by atoms with van der Waals surface area (Å²) in [5, 5.41) is 0. The van der Waals surface area contributed by atoms with Gasteiger partial charge in [0.2, 0.25) is 0 Å². The van der Waals surface area contributed by atoms with Crippen LogP contribution >= 0.6 is 0 Å². The highest BCUT2D eigenvalue weighted by atomic mass is 14.3. The van der Waals surface area contributed by atoms with Gasteiger partial charge in [0.25, 0.3) is 0 Å². The zero-order valence-corrected chi connectivity index (χ0v) is 21.0. The van der Waals surface area contributed by atoms with E-state index in [1.165, 1.54) is 73.6 Å². The summed E-state index contributed by atoms with van der Waals surface area (Å²) in [6.07, 6.45) is 12.6. The molecule has 0 nitrogen and oxygen atoms in total. The summed E-state index contributed by atoms with van der Waals surface area (Å²) in [5.41, 5.74) is 10.7. The molecule has 1 atom stereocenters. The van der Waals surface area contributed by atoms with Crippen molar-refractivity contribution in [2.45, 2.75) is 114 Å². The van der Waals surface area contributed by atoms with Crippen LogP contribution in [-0.4, -0.2) is 0 Å². The van der Waals surface area contributed by atoms with Crippen LogP contribution in [0.15, 0.2) is 29.4 Å². The number of unbranched alkanes of at least 4 members (excludes halogenated alkanes) is 3. The highest BCUT2D eigenvalue weighted by Crippen LogP contribution is 2.39. The van der Waals surface area contributed by atoms with E-state index in [1.807, 2.05) is 0 Å². The molecule has 0 heterocycles. The Bertz CT molecular complexity index is 684. The minimum atomic E-state index is 0.533. The van der Waals surface area contributed by atoms with Gasteiger partial charge >= 0.3 is 0 Å². The molecule has 0 aliphatic rings. The average Bonchev–Trinajstić information content (AvgIpc) is 2.69. The number of aryl methyl sites for hydroxylation is 1. The van der Waals surface area contributed by atoms with Crippen LogP contribution in [0.2, 0.25) is 0 Å². The molecule has 0 amide bonds. The molecule has 164 valence electrons. The molecule has 0 aliphatic carbocycles. The number of benzene rings is 1. The lowest BCUT2D eigenvalue weighted by atomic mass is 9.79. The van der Waals surface area contributed by atoms with E-state index in [-0.39, 0.29) is 0 Å². The highest BCUT2D eigenvalue weighted by Gasteiger charge is 2.20. The molecule has 0 N–H and O–H groups in total. The average molecular weight is 397 g/mol. The molecule has 29 heavy (non-hydrogen) atoms. The Balaban J connectivity index is 3.72. The van der Waals surface area contributed by atoms with Crippen LogP contribution in [-0.2, 0) is 0 Å². The van der Waals surface area contributed by atoms with Gasteiger partial charge < -0.3 is 0 Å². The van der Waals surface area contributed by atoms with E-state index in [1.54, 1.807) is 16.7 Å². The fraction of sp³-hybridized carbons (Fsp3) is 0.655. The first kappa shape index (κ1) is 25.7. The molecule has 1 aromatic carbocycles. The van der Waals surface area contributed by atoms with Crippen LogP contribution in [0.4, 0.5) is 0 Å². The summed E-state index contributed by atoms with van der Waals surface area (Å²) >= 11 is 0. The van der Waals surface area contributed by atoms with Gasteiger partial charge in [-0.15, -0.1) is 0 Å². The van der Waals surface area contributed by atoms with E-state index in [4.69, 9.17) is 0 Å². The molecule has 0 aliphatic heterocycles. The normalized spacial score (nSPS) is 14.3. The van der Waals surface area contributed by atoms with E-state index >= 15 is 0 Å². The monoisotopic (exact) mass is 396 g/mol. The van der Waals surface area contributed by atoms with Crippen LogP contribution in [0.25, 0.3) is 5.57 Å². The van der Waals surface area contributed by atoms with Crippen molar-refractivity contribution in [3.63, 3.8) is 0 Å². The van der Waals surface area contributed by atoms with Gasteiger partial charge in [-0.3, -0.25) is 0 Å². The maximum atomic E-state index is 2.59. The third-order valence-corrected chi connectivity index (χ3v) is 6.64. The number of hydrogen-bond donors (Lipinski definition) is 0. The fourth-order valence-electron chi connectivity index (χ4n) is 4.20. The molecule has 0 heteroatoms. The molecule has 1 aromatic rings. The summed E-state index contributed by atoms with van der Waals surface area (Å²) in [7, 11) is 0. The summed E-state index contributed by atoms with van der Waals surface area (Å²) < 4.78 is 0. The molecule has 1 rings (SSSR count). The van der Waals surface area contributed by atoms with Crippen LogP contribution in [0.5, 0.6) is 0 Å². The molecule has 0 radical (unpaired) electrons. The van der Waals surface area contributed by atoms with Gasteiger partial charge in [-0.2, -0.15) is 0 Å². The Morgan fingerprint density at radius 3 is 2.10 bits per heavy atom. The second kappa shape index (κ2) is 13.1. The second-order valence-electron chi connectivity index (χ2n) is 9.42. The molecule has 0 spiro atoms. The highest BCUT2D eigenvalue weighted by molar-refractivity contribution is 5.76. The summed E-state index contributed by atoms with van der Waals surface area (Å²) in [5.74, 6) is 1.26. The van der Waals surface area contributed by atoms with E-state index in [9.17, 15) is 0 Å². The van der Waals surface area contributed by atoms with Crippen molar-refractivity contribution in [1.82, 2.24) is 0 Å². The summed E-state index contributed by atoms with van der Waals surface area (Å²) in [4.78, 5) is 0. The predicted molar refractivity (Wildman–Crippen MR) is 134 cm³/mol. The molecular weight excluding hydrogens is 348 g/mol. The van der Waals surface area contributed by atoms with Crippen molar-refractivity contribution in [3.05, 3.63) is 51.6 Å². The molecule has 0 bridgehead atoms. The van der Waals surface area contributed by atoms with Gasteiger partial charge in [0.1, 0.15) is 0 Å². The van der Waals surface area contributed by atoms with Gasteiger partial charge in [-0.1, -0.05) is 85.4 Å². The van der Waals surface area contributed by atoms with Crippen LogP contribution in [0.1, 0.15) is 115 Å². The lowest BCUT2D eigenvalue weighted by Crippen LogP contribution is -2.08. The van der Waals surface area contributed by atoms with Crippen LogP contribution in [0.3, 0.4) is 0 Å². The van der Waals surface area contributed by atoms with Gasteiger partial charge in [0.05, 0.1) is 0 Å².